The molecule has 0 aliphatic rings. The molecule has 0 fully saturated rings. The Morgan fingerprint density at radius 2 is 0.855 bits per heavy atom. The van der Waals surface area contributed by atoms with Gasteiger partial charge in [0.15, 0.2) is 0 Å². The molecule has 11 aromatic carbocycles. The van der Waals surface area contributed by atoms with Gasteiger partial charge in [0.1, 0.15) is 11.2 Å². The minimum absolute atomic E-state index is 0.0963. The first-order valence-corrected chi connectivity index (χ1v) is 20.6. The summed E-state index contributed by atoms with van der Waals surface area (Å²) in [4.78, 5) is 1.35. The van der Waals surface area contributed by atoms with Gasteiger partial charge >= 0.3 is 0 Å². The summed E-state index contributed by atoms with van der Waals surface area (Å²) in [6.45, 7) is 0. The summed E-state index contributed by atoms with van der Waals surface area (Å²) >= 11 is 0. The molecule has 0 radical (unpaired) electrons. The Labute approximate surface area is 371 Å². The van der Waals surface area contributed by atoms with Crippen molar-refractivity contribution < 1.29 is 15.4 Å². The molecule has 0 bridgehead atoms. The van der Waals surface area contributed by atoms with Crippen molar-refractivity contribution in [1.29, 1.82) is 0 Å². The van der Waals surface area contributed by atoms with E-state index >= 15 is 0 Å². The maximum atomic E-state index is 9.68. The van der Waals surface area contributed by atoms with E-state index < -0.39 is 24.2 Å². The molecule has 0 saturated heterocycles. The third-order valence-corrected chi connectivity index (χ3v) is 11.8. The van der Waals surface area contributed by atoms with Gasteiger partial charge in [-0.25, -0.2) is 0 Å². The standard InChI is InChI=1S/C60H39NO/c1-2-10-40(11-3-1)46-14-8-15-47(38-46)41-22-30-50(31-23-41)61(51-32-24-42(25-33-51)48-29-36-54-49(39-48)21-20-43-12-4-6-16-53(43)54)52-34-26-45(27-35-52)55-18-9-19-58-59(55)57-37-28-44-13-5-7-17-56(44)60(57)62-58/h1-39H/i22D,23D,24D,25D,30D,31D,32D,33D. The van der Waals surface area contributed by atoms with E-state index in [2.05, 4.69) is 18.2 Å². The predicted molar refractivity (Wildman–Crippen MR) is 263 cm³/mol. The molecule has 0 atom stereocenters. The molecular weight excluding hydrogens is 751 g/mol. The Balaban J connectivity index is 1.05. The van der Waals surface area contributed by atoms with Crippen LogP contribution >= 0.6 is 0 Å². The van der Waals surface area contributed by atoms with Gasteiger partial charge in [-0.3, -0.25) is 0 Å². The molecule has 0 saturated carbocycles. The monoisotopic (exact) mass is 797 g/mol. The normalized spacial score (nSPS) is 13.4. The first kappa shape index (κ1) is 28.3. The Kier molecular flexibility index (Phi) is 6.76. The van der Waals surface area contributed by atoms with Crippen molar-refractivity contribution in [1.82, 2.24) is 0 Å². The lowest BCUT2D eigenvalue weighted by Crippen LogP contribution is -2.09. The molecule has 1 heterocycles. The summed E-state index contributed by atoms with van der Waals surface area (Å²) in [6.07, 6.45) is 0. The van der Waals surface area contributed by atoms with Crippen LogP contribution in [-0.2, 0) is 0 Å². The van der Waals surface area contributed by atoms with E-state index in [1.165, 1.54) is 4.90 Å². The van der Waals surface area contributed by atoms with Gasteiger partial charge in [0.05, 0.1) is 11.0 Å². The fraction of sp³-hybridized carbons (Fsp3) is 0. The van der Waals surface area contributed by atoms with Crippen molar-refractivity contribution in [3.05, 3.63) is 236 Å². The second-order valence-corrected chi connectivity index (χ2v) is 15.4. The molecule has 0 N–H and O–H groups in total. The zero-order chi connectivity index (χ0) is 47.9. The molecule has 0 amide bonds. The van der Waals surface area contributed by atoms with Gasteiger partial charge in [0, 0.05) is 33.2 Å². The number of nitrogens with zero attached hydrogens (tertiary/aromatic N) is 1. The molecule has 12 aromatic rings. The van der Waals surface area contributed by atoms with E-state index in [1.807, 2.05) is 152 Å². The molecule has 12 rings (SSSR count). The molecule has 0 aliphatic heterocycles. The highest BCUT2D eigenvalue weighted by atomic mass is 16.3. The van der Waals surface area contributed by atoms with E-state index in [4.69, 9.17) is 4.42 Å². The smallest absolute Gasteiger partial charge is 0.143 e. The van der Waals surface area contributed by atoms with Crippen LogP contribution in [0.1, 0.15) is 11.0 Å². The zero-order valence-electron chi connectivity index (χ0n) is 41.3. The van der Waals surface area contributed by atoms with Crippen molar-refractivity contribution in [2.45, 2.75) is 0 Å². The number of benzene rings is 11. The van der Waals surface area contributed by atoms with E-state index in [1.54, 1.807) is 18.2 Å². The molecular formula is C60H39NO. The summed E-state index contributed by atoms with van der Waals surface area (Å²) in [5.74, 6) is 0. The van der Waals surface area contributed by atoms with Crippen LogP contribution in [0, 0.1) is 0 Å². The molecule has 2 heteroatoms. The van der Waals surface area contributed by atoms with Crippen LogP contribution in [-0.4, -0.2) is 0 Å². The molecule has 1 aromatic heterocycles. The second-order valence-electron chi connectivity index (χ2n) is 15.4. The number of fused-ring (bicyclic) bond motifs is 8. The van der Waals surface area contributed by atoms with Gasteiger partial charge in [-0.05, 0) is 132 Å². The van der Waals surface area contributed by atoms with Gasteiger partial charge in [-0.15, -0.1) is 0 Å². The van der Waals surface area contributed by atoms with E-state index in [9.17, 15) is 11.0 Å². The lowest BCUT2D eigenvalue weighted by Gasteiger charge is -2.26. The van der Waals surface area contributed by atoms with Crippen molar-refractivity contribution >= 4 is 71.3 Å². The van der Waals surface area contributed by atoms with Crippen LogP contribution in [0.15, 0.2) is 241 Å². The van der Waals surface area contributed by atoms with E-state index in [0.717, 1.165) is 76.5 Å². The maximum absolute atomic E-state index is 9.68. The number of anilines is 3. The zero-order valence-corrected chi connectivity index (χ0v) is 33.3. The minimum atomic E-state index is -0.408. The van der Waals surface area contributed by atoms with Crippen LogP contribution < -0.4 is 4.90 Å². The number of rotatable bonds is 7. The van der Waals surface area contributed by atoms with Gasteiger partial charge in [-0.1, -0.05) is 176 Å². The number of hydrogen-bond acceptors (Lipinski definition) is 2. The largest absolute Gasteiger partial charge is 0.455 e. The van der Waals surface area contributed by atoms with Gasteiger partial charge in [0.25, 0.3) is 0 Å². The van der Waals surface area contributed by atoms with Crippen LogP contribution in [0.4, 0.5) is 17.1 Å². The Morgan fingerprint density at radius 1 is 0.323 bits per heavy atom. The average molecular weight is 798 g/mol. The molecule has 0 aliphatic carbocycles. The van der Waals surface area contributed by atoms with Gasteiger partial charge in [0.2, 0.25) is 0 Å². The third kappa shape index (κ3) is 6.20. The van der Waals surface area contributed by atoms with E-state index in [-0.39, 0.29) is 46.7 Å². The Morgan fingerprint density at radius 3 is 1.60 bits per heavy atom. The first-order valence-electron chi connectivity index (χ1n) is 24.6. The number of furan rings is 1. The highest BCUT2D eigenvalue weighted by Gasteiger charge is 2.17. The summed E-state index contributed by atoms with van der Waals surface area (Å²) in [5, 5.41) is 7.96. The average Bonchev–Trinajstić information content (AvgIpc) is 3.80. The fourth-order valence-electron chi connectivity index (χ4n) is 8.73. The summed E-state index contributed by atoms with van der Waals surface area (Å²) in [5.41, 5.74) is 6.06. The minimum Gasteiger partial charge on any atom is -0.455 e. The van der Waals surface area contributed by atoms with Gasteiger partial charge in [-0.2, -0.15) is 0 Å². The molecule has 62 heavy (non-hydrogen) atoms. The lowest BCUT2D eigenvalue weighted by atomic mass is 9.97. The molecule has 0 spiro atoms. The fourth-order valence-corrected chi connectivity index (χ4v) is 8.73. The summed E-state index contributed by atoms with van der Waals surface area (Å²) < 4.78 is 83.2. The van der Waals surface area contributed by atoms with Crippen LogP contribution in [0.2, 0.25) is 0 Å². The van der Waals surface area contributed by atoms with Crippen molar-refractivity contribution in [2.75, 3.05) is 4.90 Å². The van der Waals surface area contributed by atoms with Gasteiger partial charge < -0.3 is 9.32 Å². The van der Waals surface area contributed by atoms with Crippen LogP contribution in [0.25, 0.3) is 98.8 Å². The Bertz CT molecular complexity index is 4050. The van der Waals surface area contributed by atoms with Crippen LogP contribution in [0.3, 0.4) is 0 Å². The molecule has 290 valence electrons. The molecule has 2 nitrogen and oxygen atoms in total. The highest BCUT2D eigenvalue weighted by molar-refractivity contribution is 6.19. The maximum Gasteiger partial charge on any atom is 0.143 e. The summed E-state index contributed by atoms with van der Waals surface area (Å²) in [6, 6.07) is 57.3. The number of hydrogen-bond donors (Lipinski definition) is 0. The predicted octanol–water partition coefficient (Wildman–Crippen LogP) is 17.2. The topological polar surface area (TPSA) is 16.4 Å². The third-order valence-electron chi connectivity index (χ3n) is 11.8. The van der Waals surface area contributed by atoms with Crippen molar-refractivity contribution in [3.8, 4) is 44.5 Å². The van der Waals surface area contributed by atoms with Crippen LogP contribution in [0.5, 0.6) is 0 Å². The van der Waals surface area contributed by atoms with E-state index in [0.29, 0.717) is 16.8 Å². The first-order chi connectivity index (χ1) is 34.1. The highest BCUT2D eigenvalue weighted by Crippen LogP contribution is 2.42. The SMILES string of the molecule is [2H]c1c([2H])c(N(c2ccc(-c3cccc4oc5c6ccccc6ccc5c34)cc2)c2c([2H])c([2H])c(-c3ccc4c(ccc5ccccc54)c3)c([2H])c2[2H])c([2H])c([2H])c1-c1cccc(-c2ccccc2)c1. The molecule has 0 unspecified atom stereocenters. The quantitative estimate of drug-likeness (QED) is 0.149. The second kappa shape index (κ2) is 14.8. The summed E-state index contributed by atoms with van der Waals surface area (Å²) in [7, 11) is 0. The van der Waals surface area contributed by atoms with Crippen molar-refractivity contribution in [2.24, 2.45) is 0 Å². The Hall–Kier alpha value is -8.20. The lowest BCUT2D eigenvalue weighted by molar-refractivity contribution is 0.673. The van der Waals surface area contributed by atoms with Crippen molar-refractivity contribution in [3.63, 3.8) is 0 Å².